The number of unbranched alkanes of at least 4 members (excludes halogenated alkanes) is 6. The zero-order valence-corrected chi connectivity index (χ0v) is 28.7. The molecular formula is C41H50O7. The van der Waals surface area contributed by atoms with Gasteiger partial charge in [0.05, 0.1) is 27.4 Å². The normalized spacial score (nSPS) is 12.0. The third-order valence-corrected chi connectivity index (χ3v) is 8.78. The number of methoxy groups -OCH3 is 2. The minimum Gasteiger partial charge on any atom is -0.497 e. The summed E-state index contributed by atoms with van der Waals surface area (Å²) in [5.41, 5.74) is 3.66. The van der Waals surface area contributed by atoms with Crippen molar-refractivity contribution < 1.29 is 34.0 Å². The van der Waals surface area contributed by atoms with Crippen LogP contribution in [0.3, 0.4) is 0 Å². The summed E-state index contributed by atoms with van der Waals surface area (Å²) in [5.74, 6) is 0.772. The lowest BCUT2D eigenvalue weighted by Crippen LogP contribution is -2.33. The van der Waals surface area contributed by atoms with Gasteiger partial charge in [-0.1, -0.05) is 118 Å². The number of hydrogen-bond donors (Lipinski definition) is 2. The van der Waals surface area contributed by atoms with Crippen molar-refractivity contribution in [2.75, 3.05) is 14.2 Å². The summed E-state index contributed by atoms with van der Waals surface area (Å²) in [6.07, 6.45) is 6.91. The second kappa shape index (κ2) is 18.3. The van der Waals surface area contributed by atoms with Crippen LogP contribution in [0.15, 0.2) is 91.0 Å². The van der Waals surface area contributed by atoms with E-state index < -0.39 is 17.7 Å². The number of carbonyl (C=O) groups is 1. The first-order chi connectivity index (χ1) is 23.4. The number of rotatable bonds is 20. The van der Waals surface area contributed by atoms with Crippen molar-refractivity contribution in [3.63, 3.8) is 0 Å². The maximum Gasteiger partial charge on any atom is 0.344 e. The van der Waals surface area contributed by atoms with Crippen LogP contribution in [0.25, 0.3) is 0 Å². The molecule has 4 aromatic rings. The smallest absolute Gasteiger partial charge is 0.344 e. The quantitative estimate of drug-likeness (QED) is 0.0726. The number of aliphatic hydroxyl groups is 1. The molecule has 0 fully saturated rings. The van der Waals surface area contributed by atoms with E-state index in [2.05, 4.69) is 6.92 Å². The lowest BCUT2D eigenvalue weighted by Gasteiger charge is -2.36. The molecule has 4 rings (SSSR count). The molecule has 0 spiro atoms. The minimum absolute atomic E-state index is 0.0702. The highest BCUT2D eigenvalue weighted by Crippen LogP contribution is 2.43. The summed E-state index contributed by atoms with van der Waals surface area (Å²) >= 11 is 0. The summed E-state index contributed by atoms with van der Waals surface area (Å²) in [5, 5.41) is 20.6. The highest BCUT2D eigenvalue weighted by Gasteiger charge is 2.38. The maximum atomic E-state index is 12.4. The molecule has 1 unspecified atom stereocenters. The third kappa shape index (κ3) is 9.18. The molecule has 0 amide bonds. The van der Waals surface area contributed by atoms with Crippen LogP contribution >= 0.6 is 0 Å². The van der Waals surface area contributed by atoms with Crippen molar-refractivity contribution in [1.82, 2.24) is 0 Å². The van der Waals surface area contributed by atoms with Crippen LogP contribution in [0.2, 0.25) is 0 Å². The Morgan fingerprint density at radius 3 is 1.77 bits per heavy atom. The van der Waals surface area contributed by atoms with Crippen LogP contribution in [0.1, 0.15) is 91.7 Å². The molecule has 0 aliphatic carbocycles. The molecule has 2 N–H and O–H groups in total. The summed E-state index contributed by atoms with van der Waals surface area (Å²) < 4.78 is 24.4. The SMILES string of the molecule is CCCCCCCCCC(Oc1c(CO)cc(C)cc1COC(c1ccccc1)(c1ccc(OC)cc1)c1ccc(OC)cc1)C(=O)O. The second-order valence-electron chi connectivity index (χ2n) is 12.2. The number of hydrogen-bond acceptors (Lipinski definition) is 6. The molecule has 0 bridgehead atoms. The standard InChI is InChI=1S/C41H50O7/c1-5-6-7-8-9-10-14-17-38(40(43)44)48-39-31(28-42)26-30(2)27-32(39)29-47-41(33-15-12-11-13-16-33,34-18-22-36(45-3)23-19-34)35-20-24-37(46-4)25-21-35/h11-13,15-16,18-27,38,42H,5-10,14,17,28-29H2,1-4H3,(H,43,44). The van der Waals surface area contributed by atoms with Gasteiger partial charge in [0, 0.05) is 11.1 Å². The van der Waals surface area contributed by atoms with Crippen molar-refractivity contribution in [3.8, 4) is 17.2 Å². The van der Waals surface area contributed by atoms with Crippen LogP contribution < -0.4 is 14.2 Å². The molecule has 0 aliphatic heterocycles. The van der Waals surface area contributed by atoms with Gasteiger partial charge in [-0.15, -0.1) is 0 Å². The van der Waals surface area contributed by atoms with E-state index in [0.717, 1.165) is 59.4 Å². The van der Waals surface area contributed by atoms with Crippen molar-refractivity contribution in [3.05, 3.63) is 124 Å². The fourth-order valence-electron chi connectivity index (χ4n) is 6.23. The average molecular weight is 655 g/mol. The van der Waals surface area contributed by atoms with E-state index in [4.69, 9.17) is 18.9 Å². The predicted molar refractivity (Wildman–Crippen MR) is 189 cm³/mol. The van der Waals surface area contributed by atoms with Crippen molar-refractivity contribution in [2.45, 2.75) is 90.1 Å². The second-order valence-corrected chi connectivity index (χ2v) is 12.2. The topological polar surface area (TPSA) is 94.5 Å². The first-order valence-electron chi connectivity index (χ1n) is 17.0. The van der Waals surface area contributed by atoms with Gasteiger partial charge in [0.25, 0.3) is 0 Å². The highest BCUT2D eigenvalue weighted by molar-refractivity contribution is 5.73. The number of aliphatic hydroxyl groups excluding tert-OH is 1. The molecule has 256 valence electrons. The molecule has 4 aromatic carbocycles. The van der Waals surface area contributed by atoms with E-state index in [-0.39, 0.29) is 13.2 Å². The van der Waals surface area contributed by atoms with Gasteiger partial charge in [-0.3, -0.25) is 0 Å². The first-order valence-corrected chi connectivity index (χ1v) is 17.0. The molecular weight excluding hydrogens is 604 g/mol. The lowest BCUT2D eigenvalue weighted by atomic mass is 9.80. The van der Waals surface area contributed by atoms with E-state index in [1.54, 1.807) is 14.2 Å². The van der Waals surface area contributed by atoms with E-state index in [9.17, 15) is 15.0 Å². The molecule has 0 heterocycles. The molecule has 7 nitrogen and oxygen atoms in total. The van der Waals surface area contributed by atoms with Gasteiger partial charge in [-0.05, 0) is 60.7 Å². The Balaban J connectivity index is 1.74. The zero-order chi connectivity index (χ0) is 34.4. The van der Waals surface area contributed by atoms with E-state index in [1.165, 1.54) is 19.3 Å². The fraction of sp³-hybridized carbons (Fsp3) is 0.390. The van der Waals surface area contributed by atoms with Crippen LogP contribution in [0, 0.1) is 6.92 Å². The Bertz CT molecular complexity index is 1500. The molecule has 0 saturated heterocycles. The van der Waals surface area contributed by atoms with E-state index in [1.807, 2.05) is 97.9 Å². The average Bonchev–Trinajstić information content (AvgIpc) is 3.12. The first kappa shape index (κ1) is 36.5. The molecule has 1 atom stereocenters. The predicted octanol–water partition coefficient (Wildman–Crippen LogP) is 8.99. The van der Waals surface area contributed by atoms with Gasteiger partial charge in [-0.25, -0.2) is 4.79 Å². The van der Waals surface area contributed by atoms with Gasteiger partial charge < -0.3 is 29.2 Å². The molecule has 0 aromatic heterocycles. The Morgan fingerprint density at radius 2 is 1.25 bits per heavy atom. The van der Waals surface area contributed by atoms with Gasteiger partial charge in [0.2, 0.25) is 0 Å². The van der Waals surface area contributed by atoms with Gasteiger partial charge in [-0.2, -0.15) is 0 Å². The molecule has 0 aliphatic rings. The number of aryl methyl sites for hydroxylation is 1. The zero-order valence-electron chi connectivity index (χ0n) is 28.7. The van der Waals surface area contributed by atoms with Gasteiger partial charge in [0.1, 0.15) is 22.8 Å². The largest absolute Gasteiger partial charge is 0.497 e. The van der Waals surface area contributed by atoms with E-state index >= 15 is 0 Å². The van der Waals surface area contributed by atoms with Crippen molar-refractivity contribution in [2.24, 2.45) is 0 Å². The number of ether oxygens (including phenoxy) is 4. The van der Waals surface area contributed by atoms with Gasteiger partial charge in [0.15, 0.2) is 6.10 Å². The van der Waals surface area contributed by atoms with Crippen molar-refractivity contribution >= 4 is 5.97 Å². The van der Waals surface area contributed by atoms with Crippen LogP contribution in [-0.4, -0.2) is 36.5 Å². The summed E-state index contributed by atoms with van der Waals surface area (Å²) in [7, 11) is 3.27. The molecule has 48 heavy (non-hydrogen) atoms. The Morgan fingerprint density at radius 1 is 0.729 bits per heavy atom. The molecule has 0 saturated carbocycles. The number of benzene rings is 4. The Kier molecular flexibility index (Phi) is 13.9. The highest BCUT2D eigenvalue weighted by atomic mass is 16.5. The fourth-order valence-corrected chi connectivity index (χ4v) is 6.23. The summed E-state index contributed by atoms with van der Waals surface area (Å²) in [6.45, 7) is 3.91. The number of aliphatic carboxylic acids is 1. The van der Waals surface area contributed by atoms with Gasteiger partial charge >= 0.3 is 5.97 Å². The van der Waals surface area contributed by atoms with E-state index in [0.29, 0.717) is 23.3 Å². The van der Waals surface area contributed by atoms with Crippen LogP contribution in [0.5, 0.6) is 17.2 Å². The summed E-state index contributed by atoms with van der Waals surface area (Å²) in [6, 6.07) is 29.4. The Hall–Kier alpha value is -4.33. The van der Waals surface area contributed by atoms with Crippen LogP contribution in [-0.2, 0) is 28.3 Å². The lowest BCUT2D eigenvalue weighted by molar-refractivity contribution is -0.145. The monoisotopic (exact) mass is 654 g/mol. The summed E-state index contributed by atoms with van der Waals surface area (Å²) in [4.78, 5) is 12.4. The minimum atomic E-state index is -1.08. The van der Waals surface area contributed by atoms with Crippen molar-refractivity contribution in [1.29, 1.82) is 0 Å². The number of carboxylic acids is 1. The maximum absolute atomic E-state index is 12.4. The molecule has 7 heteroatoms. The van der Waals surface area contributed by atoms with Crippen LogP contribution in [0.4, 0.5) is 0 Å². The Labute approximate surface area is 285 Å². The number of carboxylic acid groups (broad SMARTS) is 1. The third-order valence-electron chi connectivity index (χ3n) is 8.78. The molecule has 0 radical (unpaired) electrons.